The van der Waals surface area contributed by atoms with Crippen molar-refractivity contribution < 1.29 is 14.8 Å². The summed E-state index contributed by atoms with van der Waals surface area (Å²) in [5.41, 5.74) is 2.35. The summed E-state index contributed by atoms with van der Waals surface area (Å²) in [6.07, 6.45) is 2.42. The maximum absolute atomic E-state index is 12.1. The number of carbonyl (C=O) groups is 1. The van der Waals surface area contributed by atoms with Gasteiger partial charge in [-0.3, -0.25) is 20.8 Å². The van der Waals surface area contributed by atoms with Gasteiger partial charge in [0.2, 0.25) is 0 Å². The molecule has 0 aliphatic heterocycles. The molecule has 0 spiro atoms. The number of hydrogen-bond acceptors (Lipinski definition) is 6. The van der Waals surface area contributed by atoms with Gasteiger partial charge in [0, 0.05) is 17.7 Å². The third-order valence-electron chi connectivity index (χ3n) is 3.64. The number of nitrogens with two attached hydrogens (primary N) is 1. The number of nitrogens with zero attached hydrogens (tertiary/aromatic N) is 1. The lowest BCUT2D eigenvalue weighted by Gasteiger charge is -2.26. The van der Waals surface area contributed by atoms with Crippen LogP contribution in [-0.2, 0) is 0 Å². The summed E-state index contributed by atoms with van der Waals surface area (Å²) < 4.78 is 0. The molecule has 0 aromatic heterocycles. The molecule has 1 saturated carbocycles. The van der Waals surface area contributed by atoms with Crippen LogP contribution in [0.2, 0.25) is 0 Å². The zero-order valence-corrected chi connectivity index (χ0v) is 11.4. The number of aliphatic hydroxyl groups excluding tert-OH is 1. The second kappa shape index (κ2) is 6.51. The molecular formula is C13H18N4O4. The van der Waals surface area contributed by atoms with Crippen molar-refractivity contribution in [1.29, 1.82) is 0 Å². The molecule has 5 N–H and O–H groups in total. The predicted molar refractivity (Wildman–Crippen MR) is 76.6 cm³/mol. The first-order valence-electron chi connectivity index (χ1n) is 6.75. The van der Waals surface area contributed by atoms with Gasteiger partial charge < -0.3 is 15.8 Å². The van der Waals surface area contributed by atoms with Crippen molar-refractivity contribution in [2.24, 2.45) is 5.84 Å². The second-order valence-electron chi connectivity index (χ2n) is 5.11. The zero-order chi connectivity index (χ0) is 15.4. The molecular weight excluding hydrogens is 276 g/mol. The van der Waals surface area contributed by atoms with Crippen LogP contribution in [0.15, 0.2) is 18.2 Å². The number of nitro benzene ring substituents is 1. The number of hydrazine groups is 1. The molecule has 1 aromatic rings. The smallest absolute Gasteiger partial charge is 0.294 e. The highest BCUT2D eigenvalue weighted by Gasteiger charge is 2.22. The third kappa shape index (κ3) is 3.67. The Hall–Kier alpha value is -2.19. The molecule has 1 aromatic carbocycles. The quantitative estimate of drug-likeness (QED) is 0.371. The molecule has 0 bridgehead atoms. The van der Waals surface area contributed by atoms with Crippen LogP contribution in [0.5, 0.6) is 0 Å². The molecule has 1 amide bonds. The normalized spacial score (nSPS) is 21.6. The molecule has 0 heterocycles. The highest BCUT2D eigenvalue weighted by Crippen LogP contribution is 2.25. The van der Waals surface area contributed by atoms with Gasteiger partial charge in [-0.05, 0) is 37.8 Å². The molecule has 8 heteroatoms. The Morgan fingerprint density at radius 1 is 1.33 bits per heavy atom. The number of anilines is 1. The Labute approximate surface area is 121 Å². The summed E-state index contributed by atoms with van der Waals surface area (Å²) in [6.45, 7) is 0. The summed E-state index contributed by atoms with van der Waals surface area (Å²) in [4.78, 5) is 22.5. The molecule has 2 rings (SSSR count). The zero-order valence-electron chi connectivity index (χ0n) is 11.4. The Morgan fingerprint density at radius 3 is 2.57 bits per heavy atom. The van der Waals surface area contributed by atoms with Crippen LogP contribution in [0.25, 0.3) is 0 Å². The fourth-order valence-electron chi connectivity index (χ4n) is 2.43. The van der Waals surface area contributed by atoms with Gasteiger partial charge >= 0.3 is 0 Å². The van der Waals surface area contributed by atoms with E-state index in [9.17, 15) is 20.0 Å². The van der Waals surface area contributed by atoms with Gasteiger partial charge in [-0.2, -0.15) is 0 Å². The first-order valence-corrected chi connectivity index (χ1v) is 6.75. The van der Waals surface area contributed by atoms with Gasteiger partial charge in [-0.15, -0.1) is 0 Å². The molecule has 1 fully saturated rings. The van der Waals surface area contributed by atoms with Crippen LogP contribution in [-0.4, -0.2) is 28.1 Å². The number of benzene rings is 1. The van der Waals surface area contributed by atoms with E-state index in [2.05, 4.69) is 10.7 Å². The number of hydrogen-bond donors (Lipinski definition) is 4. The standard InChI is InChI=1S/C13H18N4O4/c14-16-11-6-1-8(7-12(11)17(20)21)13(19)15-9-2-4-10(18)5-3-9/h1,6-7,9-10,16,18H,2-5,14H2,(H,15,19). The van der Waals surface area contributed by atoms with Crippen LogP contribution in [0.4, 0.5) is 11.4 Å². The monoisotopic (exact) mass is 294 g/mol. The molecule has 1 aliphatic rings. The van der Waals surface area contributed by atoms with Crippen molar-refractivity contribution in [3.05, 3.63) is 33.9 Å². The third-order valence-corrected chi connectivity index (χ3v) is 3.64. The van der Waals surface area contributed by atoms with Gasteiger partial charge in [0.05, 0.1) is 11.0 Å². The first-order chi connectivity index (χ1) is 10.0. The molecule has 8 nitrogen and oxygen atoms in total. The minimum atomic E-state index is -0.594. The number of aliphatic hydroxyl groups is 1. The molecule has 1 aliphatic carbocycles. The maximum atomic E-state index is 12.1. The summed E-state index contributed by atoms with van der Waals surface area (Å²) >= 11 is 0. The largest absolute Gasteiger partial charge is 0.393 e. The summed E-state index contributed by atoms with van der Waals surface area (Å²) in [7, 11) is 0. The minimum Gasteiger partial charge on any atom is -0.393 e. The SMILES string of the molecule is NNc1ccc(C(=O)NC2CCC(O)CC2)cc1[N+](=O)[O-]. The van der Waals surface area contributed by atoms with Gasteiger partial charge in [-0.25, -0.2) is 0 Å². The van der Waals surface area contributed by atoms with Crippen LogP contribution in [0.1, 0.15) is 36.0 Å². The average molecular weight is 294 g/mol. The number of nitro groups is 1. The van der Waals surface area contributed by atoms with E-state index in [0.29, 0.717) is 25.7 Å². The lowest BCUT2D eigenvalue weighted by Crippen LogP contribution is -2.38. The van der Waals surface area contributed by atoms with E-state index in [1.54, 1.807) is 0 Å². The number of nitrogen functional groups attached to an aromatic ring is 1. The Balaban J connectivity index is 2.09. The van der Waals surface area contributed by atoms with E-state index < -0.39 is 4.92 Å². The van der Waals surface area contributed by atoms with Crippen molar-refractivity contribution >= 4 is 17.3 Å². The van der Waals surface area contributed by atoms with Gasteiger partial charge in [-0.1, -0.05) is 0 Å². The van der Waals surface area contributed by atoms with Crippen molar-refractivity contribution in [2.45, 2.75) is 37.8 Å². The first kappa shape index (κ1) is 15.2. The molecule has 0 unspecified atom stereocenters. The summed E-state index contributed by atoms with van der Waals surface area (Å²) in [6, 6.07) is 4.07. The maximum Gasteiger partial charge on any atom is 0.294 e. The van der Waals surface area contributed by atoms with E-state index in [1.165, 1.54) is 18.2 Å². The highest BCUT2D eigenvalue weighted by atomic mass is 16.6. The number of carbonyl (C=O) groups excluding carboxylic acids is 1. The Morgan fingerprint density at radius 2 is 2.00 bits per heavy atom. The van der Waals surface area contributed by atoms with E-state index in [-0.39, 0.29) is 35.0 Å². The van der Waals surface area contributed by atoms with Gasteiger partial charge in [0.25, 0.3) is 11.6 Å². The molecule has 21 heavy (non-hydrogen) atoms. The second-order valence-corrected chi connectivity index (χ2v) is 5.11. The molecule has 0 saturated heterocycles. The van der Waals surface area contributed by atoms with Gasteiger partial charge in [0.15, 0.2) is 0 Å². The topological polar surface area (TPSA) is 131 Å². The van der Waals surface area contributed by atoms with Crippen LogP contribution in [0.3, 0.4) is 0 Å². The number of rotatable bonds is 4. The van der Waals surface area contributed by atoms with Crippen molar-refractivity contribution in [3.63, 3.8) is 0 Å². The van der Waals surface area contributed by atoms with E-state index in [0.717, 1.165) is 0 Å². The molecule has 0 radical (unpaired) electrons. The van der Waals surface area contributed by atoms with Crippen molar-refractivity contribution in [3.8, 4) is 0 Å². The predicted octanol–water partition coefficient (Wildman–Crippen LogP) is 0.914. The molecule has 114 valence electrons. The lowest BCUT2D eigenvalue weighted by molar-refractivity contribution is -0.384. The fraction of sp³-hybridized carbons (Fsp3) is 0.462. The Bertz CT molecular complexity index is 541. The average Bonchev–Trinajstić information content (AvgIpc) is 2.48. The van der Waals surface area contributed by atoms with Crippen LogP contribution >= 0.6 is 0 Å². The minimum absolute atomic E-state index is 0.00716. The van der Waals surface area contributed by atoms with E-state index in [1.807, 2.05) is 0 Å². The van der Waals surface area contributed by atoms with Crippen LogP contribution < -0.4 is 16.6 Å². The van der Waals surface area contributed by atoms with E-state index >= 15 is 0 Å². The van der Waals surface area contributed by atoms with Crippen LogP contribution in [0, 0.1) is 10.1 Å². The Kier molecular flexibility index (Phi) is 4.71. The summed E-state index contributed by atoms with van der Waals surface area (Å²) in [5.74, 6) is 4.84. The number of amides is 1. The van der Waals surface area contributed by atoms with Crippen molar-refractivity contribution in [2.75, 3.05) is 5.43 Å². The fourth-order valence-corrected chi connectivity index (χ4v) is 2.43. The van der Waals surface area contributed by atoms with Gasteiger partial charge in [0.1, 0.15) is 5.69 Å². The van der Waals surface area contributed by atoms with E-state index in [4.69, 9.17) is 5.84 Å². The summed E-state index contributed by atoms with van der Waals surface area (Å²) in [5, 5.41) is 23.2. The van der Waals surface area contributed by atoms with Crippen molar-refractivity contribution in [1.82, 2.24) is 5.32 Å². The number of nitrogens with one attached hydrogen (secondary N) is 2. The molecule has 0 atom stereocenters. The lowest BCUT2D eigenvalue weighted by atomic mass is 9.93. The highest BCUT2D eigenvalue weighted by molar-refractivity contribution is 5.95.